The van der Waals surface area contributed by atoms with Gasteiger partial charge in [0.05, 0.1) is 6.61 Å². The lowest BCUT2D eigenvalue weighted by molar-refractivity contribution is -0.149. The molecule has 0 aromatic heterocycles. The van der Waals surface area contributed by atoms with E-state index in [1.165, 1.54) is 0 Å². The number of nitrogens with two attached hydrogens (primary N) is 1. The van der Waals surface area contributed by atoms with Crippen molar-refractivity contribution < 1.29 is 14.6 Å². The molecule has 2 unspecified atom stereocenters. The molecule has 0 spiro atoms. The van der Waals surface area contributed by atoms with Crippen molar-refractivity contribution in [1.82, 2.24) is 0 Å². The molecule has 17 heavy (non-hydrogen) atoms. The Kier molecular flexibility index (Phi) is 8.64. The average molecular weight is 263 g/mol. The van der Waals surface area contributed by atoms with E-state index in [-0.39, 0.29) is 12.6 Å². The summed E-state index contributed by atoms with van der Waals surface area (Å²) < 4.78 is 4.92. The van der Waals surface area contributed by atoms with Crippen molar-refractivity contribution in [2.45, 2.75) is 50.8 Å². The molecule has 0 fully saturated rings. The molecule has 0 bridgehead atoms. The molecule has 5 heteroatoms. The average Bonchev–Trinajstić information content (AvgIpc) is 2.25. The van der Waals surface area contributed by atoms with Crippen molar-refractivity contribution in [3.8, 4) is 0 Å². The Balaban J connectivity index is 3.75. The normalized spacial score (nSPS) is 16.3. The lowest BCUT2D eigenvalue weighted by Gasteiger charge is -2.22. The van der Waals surface area contributed by atoms with E-state index in [1.807, 2.05) is 0 Å². The minimum absolute atomic E-state index is 0.228. The quantitative estimate of drug-likeness (QED) is 0.488. The number of aliphatic hydroxyl groups is 1. The molecule has 0 rings (SSSR count). The van der Waals surface area contributed by atoms with Gasteiger partial charge in [0.1, 0.15) is 5.54 Å². The first-order valence-electron chi connectivity index (χ1n) is 6.12. The van der Waals surface area contributed by atoms with E-state index in [1.54, 1.807) is 25.6 Å². The van der Waals surface area contributed by atoms with E-state index < -0.39 is 5.54 Å². The third-order valence-corrected chi connectivity index (χ3v) is 3.85. The van der Waals surface area contributed by atoms with Gasteiger partial charge in [-0.15, -0.1) is 0 Å². The number of thioether (sulfide) groups is 1. The van der Waals surface area contributed by atoms with Gasteiger partial charge in [-0.25, -0.2) is 0 Å². The minimum atomic E-state index is -0.878. The molecule has 3 N–H and O–H groups in total. The molecule has 0 aliphatic rings. The second-order valence-corrected chi connectivity index (χ2v) is 5.98. The lowest BCUT2D eigenvalue weighted by Crippen LogP contribution is -2.46. The minimum Gasteiger partial charge on any atom is -0.465 e. The van der Waals surface area contributed by atoms with Gasteiger partial charge in [-0.05, 0) is 38.9 Å². The maximum atomic E-state index is 11.5. The van der Waals surface area contributed by atoms with Crippen LogP contribution in [0.1, 0.15) is 40.0 Å². The molecule has 0 saturated carbocycles. The Morgan fingerprint density at radius 3 is 2.76 bits per heavy atom. The zero-order chi connectivity index (χ0) is 13.3. The fourth-order valence-electron chi connectivity index (χ4n) is 1.39. The van der Waals surface area contributed by atoms with Gasteiger partial charge in [-0.1, -0.05) is 6.92 Å². The van der Waals surface area contributed by atoms with Crippen molar-refractivity contribution in [1.29, 1.82) is 0 Å². The summed E-state index contributed by atoms with van der Waals surface area (Å²) in [6.07, 6.45) is 2.32. The van der Waals surface area contributed by atoms with Gasteiger partial charge >= 0.3 is 5.97 Å². The van der Waals surface area contributed by atoms with Crippen LogP contribution in [0.4, 0.5) is 0 Å². The number of carbonyl (C=O) groups is 1. The molecular formula is C12H25NO3S. The predicted octanol–water partition coefficient (Wildman–Crippen LogP) is 1.55. The van der Waals surface area contributed by atoms with Crippen molar-refractivity contribution in [3.05, 3.63) is 0 Å². The summed E-state index contributed by atoms with van der Waals surface area (Å²) in [5.74, 6) is 0.626. The van der Waals surface area contributed by atoms with Crippen LogP contribution >= 0.6 is 11.8 Å². The van der Waals surface area contributed by atoms with E-state index in [0.29, 0.717) is 18.3 Å². The SMILES string of the molecule is CCOC(=O)C(C)(N)CCCSC(C)CCO. The standard InChI is InChI=1S/C12H25NO3S/c1-4-16-11(15)12(3,13)7-5-9-17-10(2)6-8-14/h10,14H,4-9,13H2,1-3H3. The molecule has 0 aromatic carbocycles. The number of esters is 1. The first-order valence-corrected chi connectivity index (χ1v) is 7.17. The van der Waals surface area contributed by atoms with Gasteiger partial charge in [-0.2, -0.15) is 11.8 Å². The largest absolute Gasteiger partial charge is 0.465 e. The van der Waals surface area contributed by atoms with Gasteiger partial charge in [0.2, 0.25) is 0 Å². The molecular weight excluding hydrogens is 238 g/mol. The lowest BCUT2D eigenvalue weighted by atomic mass is 9.98. The van der Waals surface area contributed by atoms with Crippen LogP contribution in [0.2, 0.25) is 0 Å². The molecule has 2 atom stereocenters. The van der Waals surface area contributed by atoms with Crippen LogP contribution in [0.5, 0.6) is 0 Å². The first kappa shape index (κ1) is 16.7. The zero-order valence-electron chi connectivity index (χ0n) is 11.1. The highest BCUT2D eigenvalue weighted by Gasteiger charge is 2.29. The van der Waals surface area contributed by atoms with Gasteiger partial charge in [0, 0.05) is 11.9 Å². The number of rotatable bonds is 9. The van der Waals surface area contributed by atoms with E-state index in [9.17, 15) is 4.79 Å². The fraction of sp³-hybridized carbons (Fsp3) is 0.917. The summed E-state index contributed by atoms with van der Waals surface area (Å²) in [6, 6.07) is 0. The van der Waals surface area contributed by atoms with Crippen LogP contribution in [0.25, 0.3) is 0 Å². The van der Waals surface area contributed by atoms with Gasteiger partial charge in [0.15, 0.2) is 0 Å². The Morgan fingerprint density at radius 2 is 2.24 bits per heavy atom. The van der Waals surface area contributed by atoms with Crippen molar-refractivity contribution in [2.75, 3.05) is 19.0 Å². The number of hydrogen-bond donors (Lipinski definition) is 2. The Hall–Kier alpha value is -0.260. The molecule has 0 radical (unpaired) electrons. The Labute approximate surface area is 108 Å². The molecule has 0 amide bonds. The second kappa shape index (κ2) is 8.78. The predicted molar refractivity (Wildman–Crippen MR) is 72.1 cm³/mol. The topological polar surface area (TPSA) is 72.5 Å². The van der Waals surface area contributed by atoms with E-state index in [0.717, 1.165) is 18.6 Å². The zero-order valence-corrected chi connectivity index (χ0v) is 11.9. The fourth-order valence-corrected chi connectivity index (χ4v) is 2.37. The van der Waals surface area contributed by atoms with E-state index in [2.05, 4.69) is 6.92 Å². The van der Waals surface area contributed by atoms with Gasteiger partial charge in [-0.3, -0.25) is 4.79 Å². The molecule has 0 saturated heterocycles. The maximum absolute atomic E-state index is 11.5. The molecule has 102 valence electrons. The highest BCUT2D eigenvalue weighted by molar-refractivity contribution is 7.99. The number of ether oxygens (including phenoxy) is 1. The van der Waals surface area contributed by atoms with Crippen molar-refractivity contribution in [2.24, 2.45) is 5.73 Å². The van der Waals surface area contributed by atoms with Crippen LogP contribution in [-0.2, 0) is 9.53 Å². The highest BCUT2D eigenvalue weighted by atomic mass is 32.2. The van der Waals surface area contributed by atoms with Crippen molar-refractivity contribution >= 4 is 17.7 Å². The Bertz CT molecular complexity index is 222. The molecule has 0 aliphatic carbocycles. The summed E-state index contributed by atoms with van der Waals surface area (Å²) >= 11 is 1.80. The Morgan fingerprint density at radius 1 is 1.59 bits per heavy atom. The number of aliphatic hydroxyl groups excluding tert-OH is 1. The summed E-state index contributed by atoms with van der Waals surface area (Å²) in [7, 11) is 0. The van der Waals surface area contributed by atoms with Crippen LogP contribution in [0, 0.1) is 0 Å². The second-order valence-electron chi connectivity index (χ2n) is 4.44. The molecule has 0 heterocycles. The first-order chi connectivity index (χ1) is 7.94. The molecule has 0 aromatic rings. The monoisotopic (exact) mass is 263 g/mol. The smallest absolute Gasteiger partial charge is 0.325 e. The van der Waals surface area contributed by atoms with Gasteiger partial charge in [0.25, 0.3) is 0 Å². The summed E-state index contributed by atoms with van der Waals surface area (Å²) in [4.78, 5) is 11.5. The van der Waals surface area contributed by atoms with Crippen LogP contribution in [-0.4, -0.2) is 40.8 Å². The van der Waals surface area contributed by atoms with E-state index >= 15 is 0 Å². The number of hydrogen-bond acceptors (Lipinski definition) is 5. The molecule has 4 nitrogen and oxygen atoms in total. The summed E-state index contributed by atoms with van der Waals surface area (Å²) in [6.45, 7) is 6.18. The third-order valence-electron chi connectivity index (χ3n) is 2.52. The summed E-state index contributed by atoms with van der Waals surface area (Å²) in [5, 5.41) is 9.21. The van der Waals surface area contributed by atoms with Gasteiger partial charge < -0.3 is 15.6 Å². The third kappa shape index (κ3) is 7.63. The van der Waals surface area contributed by atoms with Crippen LogP contribution < -0.4 is 5.73 Å². The van der Waals surface area contributed by atoms with Crippen LogP contribution in [0.3, 0.4) is 0 Å². The van der Waals surface area contributed by atoms with E-state index in [4.69, 9.17) is 15.6 Å². The highest BCUT2D eigenvalue weighted by Crippen LogP contribution is 2.18. The number of carbonyl (C=O) groups excluding carboxylic acids is 1. The van der Waals surface area contributed by atoms with Crippen LogP contribution in [0.15, 0.2) is 0 Å². The summed E-state index contributed by atoms with van der Waals surface area (Å²) in [5.41, 5.74) is 5.02. The maximum Gasteiger partial charge on any atom is 0.325 e. The van der Waals surface area contributed by atoms with Crippen molar-refractivity contribution in [3.63, 3.8) is 0 Å². The molecule has 0 aliphatic heterocycles.